The van der Waals surface area contributed by atoms with Crippen molar-refractivity contribution in [2.75, 3.05) is 7.05 Å². The van der Waals surface area contributed by atoms with Crippen LogP contribution in [0, 0.1) is 5.82 Å². The van der Waals surface area contributed by atoms with E-state index in [0.29, 0.717) is 11.1 Å². The molecule has 1 atom stereocenters. The van der Waals surface area contributed by atoms with E-state index in [0.717, 1.165) is 4.31 Å². The van der Waals surface area contributed by atoms with E-state index in [1.807, 2.05) is 0 Å². The van der Waals surface area contributed by atoms with Gasteiger partial charge in [-0.25, -0.2) is 12.8 Å². The largest absolute Gasteiger partial charge is 0.292 e. The number of likely N-dealkylation sites (N-methyl/N-ethyl adjacent to an activating group) is 1. The normalized spacial score (nSPS) is 18.3. The Hall–Kier alpha value is -3.16. The minimum Gasteiger partial charge on any atom is -0.292 e. The van der Waals surface area contributed by atoms with Crippen LogP contribution in [0.5, 0.6) is 0 Å². The van der Waals surface area contributed by atoms with Gasteiger partial charge in [0.05, 0.1) is 4.90 Å². The van der Waals surface area contributed by atoms with E-state index in [4.69, 9.17) is 0 Å². The van der Waals surface area contributed by atoms with Gasteiger partial charge in [-0.2, -0.15) is 4.31 Å². The lowest BCUT2D eigenvalue weighted by atomic mass is 9.94. The lowest BCUT2D eigenvalue weighted by molar-refractivity contribution is 0.0784. The molecule has 4 rings (SSSR count). The fourth-order valence-corrected chi connectivity index (χ4v) is 4.91. The molecular weight excluding hydrogens is 393 g/mol. The van der Waals surface area contributed by atoms with E-state index < -0.39 is 27.6 Å². The average molecular weight is 409 g/mol. The van der Waals surface area contributed by atoms with Crippen molar-refractivity contribution in [1.29, 1.82) is 0 Å². The monoisotopic (exact) mass is 409 g/mol. The van der Waals surface area contributed by atoms with Gasteiger partial charge >= 0.3 is 0 Å². The topological polar surface area (TPSA) is 71.5 Å². The Labute approximate surface area is 167 Å². The maximum atomic E-state index is 13.2. The molecule has 29 heavy (non-hydrogen) atoms. The molecule has 0 N–H and O–H groups in total. The summed E-state index contributed by atoms with van der Waals surface area (Å²) in [5, 5.41) is 0. The van der Waals surface area contributed by atoms with Gasteiger partial charge < -0.3 is 0 Å². The van der Waals surface area contributed by atoms with E-state index in [-0.39, 0.29) is 21.8 Å². The van der Waals surface area contributed by atoms with Gasteiger partial charge in [0.1, 0.15) is 5.82 Å². The number of Topliss-reactive ketones (excluding diaryl/α,β-unsaturated/α-hetero) is 2. The van der Waals surface area contributed by atoms with Crippen LogP contribution in [-0.4, -0.2) is 37.4 Å². The summed E-state index contributed by atoms with van der Waals surface area (Å²) < 4.78 is 39.6. The van der Waals surface area contributed by atoms with Gasteiger partial charge in [0.15, 0.2) is 17.6 Å². The summed E-state index contributed by atoms with van der Waals surface area (Å²) >= 11 is 0. The van der Waals surface area contributed by atoms with Gasteiger partial charge in [0.2, 0.25) is 10.0 Å². The summed E-state index contributed by atoms with van der Waals surface area (Å²) in [5.41, 5.74) is 1.57. The molecule has 0 saturated carbocycles. The molecule has 1 aliphatic rings. The number of sulfonamides is 1. The van der Waals surface area contributed by atoms with Crippen LogP contribution in [0.4, 0.5) is 4.39 Å². The molecule has 5 nitrogen and oxygen atoms in total. The number of benzene rings is 3. The lowest BCUT2D eigenvalue weighted by Gasteiger charge is -2.31. The molecule has 0 bridgehead atoms. The van der Waals surface area contributed by atoms with E-state index in [1.165, 1.54) is 43.4 Å². The van der Waals surface area contributed by atoms with Gasteiger partial charge in [-0.1, -0.05) is 42.5 Å². The molecule has 1 unspecified atom stereocenters. The van der Waals surface area contributed by atoms with Gasteiger partial charge in [-0.3, -0.25) is 9.59 Å². The minimum absolute atomic E-state index is 0.0126. The fraction of sp³-hybridized carbons (Fsp3) is 0.0909. The Balaban J connectivity index is 1.76. The smallest absolute Gasteiger partial charge is 0.244 e. The number of fused-ring (bicyclic) bond motifs is 1. The maximum Gasteiger partial charge on any atom is 0.244 e. The Morgan fingerprint density at radius 1 is 0.931 bits per heavy atom. The molecule has 3 aromatic carbocycles. The minimum atomic E-state index is -3.97. The highest BCUT2D eigenvalue weighted by atomic mass is 32.2. The Bertz CT molecular complexity index is 1240. The van der Waals surface area contributed by atoms with Crippen molar-refractivity contribution in [2.24, 2.45) is 0 Å². The quantitative estimate of drug-likeness (QED) is 0.490. The van der Waals surface area contributed by atoms with Crippen LogP contribution in [0.3, 0.4) is 0 Å². The van der Waals surface area contributed by atoms with Gasteiger partial charge in [0.25, 0.3) is 0 Å². The molecule has 0 amide bonds. The van der Waals surface area contributed by atoms with E-state index in [9.17, 15) is 22.4 Å². The molecule has 3 aromatic rings. The first-order valence-electron chi connectivity index (χ1n) is 8.82. The first kappa shape index (κ1) is 19.2. The molecule has 0 aliphatic carbocycles. The summed E-state index contributed by atoms with van der Waals surface area (Å²) in [7, 11) is -2.74. The average Bonchev–Trinajstić information content (AvgIpc) is 2.73. The van der Waals surface area contributed by atoms with Crippen molar-refractivity contribution in [2.45, 2.75) is 10.9 Å². The summed E-state index contributed by atoms with van der Waals surface area (Å²) in [6.45, 7) is 0. The van der Waals surface area contributed by atoms with Crippen molar-refractivity contribution in [3.05, 3.63) is 89.7 Å². The Morgan fingerprint density at radius 2 is 1.62 bits per heavy atom. The number of hydrogen-bond donors (Lipinski definition) is 0. The third kappa shape index (κ3) is 3.18. The van der Waals surface area contributed by atoms with Crippen LogP contribution >= 0.6 is 0 Å². The second-order valence-corrected chi connectivity index (χ2v) is 8.70. The number of carbonyl (C=O) groups excluding carboxylic acids is 2. The van der Waals surface area contributed by atoms with E-state index in [1.54, 1.807) is 36.4 Å². The summed E-state index contributed by atoms with van der Waals surface area (Å²) in [6, 6.07) is 16.7. The van der Waals surface area contributed by atoms with Crippen LogP contribution in [0.25, 0.3) is 11.1 Å². The molecule has 0 spiro atoms. The zero-order valence-electron chi connectivity index (χ0n) is 15.4. The maximum absolute atomic E-state index is 13.2. The highest BCUT2D eigenvalue weighted by Crippen LogP contribution is 2.31. The molecule has 0 aromatic heterocycles. The Morgan fingerprint density at radius 3 is 2.34 bits per heavy atom. The zero-order valence-corrected chi connectivity index (χ0v) is 16.2. The Kier molecular flexibility index (Phi) is 4.64. The van der Waals surface area contributed by atoms with E-state index in [2.05, 4.69) is 0 Å². The highest BCUT2D eigenvalue weighted by molar-refractivity contribution is 7.89. The van der Waals surface area contributed by atoms with Gasteiger partial charge in [-0.05, 0) is 41.5 Å². The molecule has 0 saturated heterocycles. The van der Waals surface area contributed by atoms with Crippen LogP contribution in [0.15, 0.2) is 77.7 Å². The summed E-state index contributed by atoms with van der Waals surface area (Å²) in [6.07, 6.45) is 0. The van der Waals surface area contributed by atoms with Crippen molar-refractivity contribution >= 4 is 21.6 Å². The van der Waals surface area contributed by atoms with Gasteiger partial charge in [0, 0.05) is 18.2 Å². The first-order chi connectivity index (χ1) is 13.8. The van der Waals surface area contributed by atoms with Crippen LogP contribution in [0.1, 0.15) is 20.7 Å². The van der Waals surface area contributed by atoms with Crippen molar-refractivity contribution in [1.82, 2.24) is 4.31 Å². The second-order valence-electron chi connectivity index (χ2n) is 6.74. The molecule has 0 fully saturated rings. The third-order valence-electron chi connectivity index (χ3n) is 4.99. The molecule has 1 aliphatic heterocycles. The van der Waals surface area contributed by atoms with Crippen molar-refractivity contribution in [3.63, 3.8) is 0 Å². The van der Waals surface area contributed by atoms with Crippen LogP contribution in [-0.2, 0) is 10.0 Å². The predicted octanol–water partition coefficient (Wildman–Crippen LogP) is 3.56. The standard InChI is InChI=1S/C22H16FNO4S/c1-24-20(22(26)18-7-2-3-8-19(18)29(24,27)28)21(25)16-6-4-5-15(13-16)14-9-11-17(23)12-10-14/h2-13,20H,1H3. The lowest BCUT2D eigenvalue weighted by Crippen LogP contribution is -2.51. The van der Waals surface area contributed by atoms with Gasteiger partial charge in [-0.15, -0.1) is 0 Å². The fourth-order valence-electron chi connectivity index (χ4n) is 3.44. The zero-order chi connectivity index (χ0) is 20.8. The number of rotatable bonds is 3. The highest BCUT2D eigenvalue weighted by Gasteiger charge is 2.45. The molecule has 1 heterocycles. The number of halogens is 1. The number of nitrogens with zero attached hydrogens (tertiary/aromatic N) is 1. The predicted molar refractivity (Wildman–Crippen MR) is 106 cm³/mol. The summed E-state index contributed by atoms with van der Waals surface area (Å²) in [4.78, 5) is 26.0. The summed E-state index contributed by atoms with van der Waals surface area (Å²) in [5.74, 6) is -1.55. The SMILES string of the molecule is CN1C(C(=O)c2cccc(-c3ccc(F)cc3)c2)C(=O)c2ccccc2S1(=O)=O. The second kappa shape index (κ2) is 7.02. The third-order valence-corrected chi connectivity index (χ3v) is 6.88. The van der Waals surface area contributed by atoms with Crippen molar-refractivity contribution < 1.29 is 22.4 Å². The van der Waals surface area contributed by atoms with Crippen LogP contribution in [0.2, 0.25) is 0 Å². The number of carbonyl (C=O) groups is 2. The van der Waals surface area contributed by atoms with Crippen molar-refractivity contribution in [3.8, 4) is 11.1 Å². The molecule has 0 radical (unpaired) electrons. The first-order valence-corrected chi connectivity index (χ1v) is 10.3. The number of hydrogen-bond acceptors (Lipinski definition) is 4. The van der Waals surface area contributed by atoms with E-state index >= 15 is 0 Å². The van der Waals surface area contributed by atoms with Crippen LogP contribution < -0.4 is 0 Å². The number of ketones is 2. The molecule has 146 valence electrons. The molecular formula is C22H16FNO4S. The molecule has 7 heteroatoms.